The highest BCUT2D eigenvalue weighted by Crippen LogP contribution is 2.05. The number of hydrogen-bond acceptors (Lipinski definition) is 2. The van der Waals surface area contributed by atoms with E-state index in [4.69, 9.17) is 0 Å². The van der Waals surface area contributed by atoms with Gasteiger partial charge in [-0.2, -0.15) is 0 Å². The number of nitrogens with two attached hydrogens (primary N) is 1. The van der Waals surface area contributed by atoms with Gasteiger partial charge in [0.2, 0.25) is 0 Å². The van der Waals surface area contributed by atoms with Crippen LogP contribution in [0.1, 0.15) is 39.3 Å². The van der Waals surface area contributed by atoms with Crippen LogP contribution in [0.25, 0.3) is 0 Å². The molecule has 110 valence electrons. The van der Waals surface area contributed by atoms with Crippen molar-refractivity contribution in [2.75, 3.05) is 6.54 Å². The van der Waals surface area contributed by atoms with E-state index in [1.165, 1.54) is 0 Å². The zero-order valence-corrected chi connectivity index (χ0v) is 12.6. The van der Waals surface area contributed by atoms with E-state index in [0.29, 0.717) is 0 Å². The van der Waals surface area contributed by atoms with Crippen molar-refractivity contribution in [3.63, 3.8) is 0 Å². The van der Waals surface area contributed by atoms with Gasteiger partial charge >= 0.3 is 6.03 Å². The fourth-order valence-electron chi connectivity index (χ4n) is 1.73. The topological polar surface area (TPSA) is 74.8 Å². The van der Waals surface area contributed by atoms with Crippen molar-refractivity contribution in [3.8, 4) is 0 Å². The number of quaternary nitrogens is 1. The summed E-state index contributed by atoms with van der Waals surface area (Å²) in [5, 5.41) is 6.91. The fraction of sp³-hybridized carbons (Fsp3) is 0.467. The predicted molar refractivity (Wildman–Crippen MR) is 78.1 cm³/mol. The Bertz CT molecular complexity index is 452. The highest BCUT2D eigenvalue weighted by atomic mass is 16.2. The third-order valence-corrected chi connectivity index (χ3v) is 2.72. The average Bonchev–Trinajstić information content (AvgIpc) is 2.34. The maximum Gasteiger partial charge on any atom is 0.322 e. The molecule has 4 N–H and O–H groups in total. The Labute approximate surface area is 120 Å². The summed E-state index contributed by atoms with van der Waals surface area (Å²) < 4.78 is 0. The summed E-state index contributed by atoms with van der Waals surface area (Å²) in [7, 11) is 0. The molecule has 1 rings (SSSR count). The van der Waals surface area contributed by atoms with Crippen LogP contribution in [0.15, 0.2) is 30.3 Å². The molecule has 0 unspecified atom stereocenters. The van der Waals surface area contributed by atoms with Crippen molar-refractivity contribution in [1.29, 1.82) is 0 Å². The molecular formula is C15H24N3O2+. The number of benzene rings is 1. The first-order chi connectivity index (χ1) is 9.28. The number of carbonyl (C=O) groups is 2. The zero-order valence-electron chi connectivity index (χ0n) is 12.6. The van der Waals surface area contributed by atoms with Gasteiger partial charge in [0.05, 0.1) is 0 Å². The van der Waals surface area contributed by atoms with Crippen LogP contribution in [0.5, 0.6) is 0 Å². The maximum atomic E-state index is 11.7. The molecule has 0 heterocycles. The van der Waals surface area contributed by atoms with Crippen LogP contribution in [0.4, 0.5) is 4.79 Å². The second kappa shape index (κ2) is 7.05. The van der Waals surface area contributed by atoms with Gasteiger partial charge in [0.25, 0.3) is 5.91 Å². The van der Waals surface area contributed by atoms with Crippen LogP contribution in [0.3, 0.4) is 0 Å². The van der Waals surface area contributed by atoms with Gasteiger partial charge in [0.15, 0.2) is 6.54 Å². The number of imide groups is 1. The van der Waals surface area contributed by atoms with Gasteiger partial charge in [-0.1, -0.05) is 30.3 Å². The van der Waals surface area contributed by atoms with Gasteiger partial charge in [-0.15, -0.1) is 0 Å². The Hall–Kier alpha value is -1.88. The van der Waals surface area contributed by atoms with Crippen molar-refractivity contribution < 1.29 is 14.9 Å². The minimum absolute atomic E-state index is 0.174. The van der Waals surface area contributed by atoms with Crippen molar-refractivity contribution in [2.24, 2.45) is 0 Å². The molecule has 0 saturated carbocycles. The molecule has 3 amide bonds. The smallest absolute Gasteiger partial charge is 0.322 e. The first-order valence-corrected chi connectivity index (χ1v) is 6.78. The molecule has 0 aromatic heterocycles. The lowest BCUT2D eigenvalue weighted by molar-refractivity contribution is -0.682. The molecule has 0 radical (unpaired) electrons. The molecule has 0 aliphatic carbocycles. The van der Waals surface area contributed by atoms with Gasteiger partial charge in [0.1, 0.15) is 6.04 Å². The number of nitrogens with one attached hydrogen (secondary N) is 2. The lowest BCUT2D eigenvalue weighted by Gasteiger charge is -2.20. The van der Waals surface area contributed by atoms with Crippen LogP contribution in [-0.2, 0) is 4.79 Å². The third-order valence-electron chi connectivity index (χ3n) is 2.72. The molecular weight excluding hydrogens is 254 g/mol. The number of urea groups is 1. The molecule has 0 fully saturated rings. The van der Waals surface area contributed by atoms with Crippen LogP contribution in [0.2, 0.25) is 0 Å². The summed E-state index contributed by atoms with van der Waals surface area (Å²) in [4.78, 5) is 23.2. The van der Waals surface area contributed by atoms with Gasteiger partial charge < -0.3 is 10.6 Å². The summed E-state index contributed by atoms with van der Waals surface area (Å²) in [6, 6.07) is 9.65. The maximum absolute atomic E-state index is 11.7. The third kappa shape index (κ3) is 6.33. The second-order valence-corrected chi connectivity index (χ2v) is 5.89. The quantitative estimate of drug-likeness (QED) is 0.766. The SMILES string of the molecule is C[C@H]([NH2+]CC(=O)NC(=O)NC(C)(C)C)c1ccccc1. The molecule has 0 spiro atoms. The lowest BCUT2D eigenvalue weighted by atomic mass is 10.1. The van der Waals surface area contributed by atoms with E-state index in [1.807, 2.05) is 63.3 Å². The zero-order chi connectivity index (χ0) is 15.2. The van der Waals surface area contributed by atoms with Crippen molar-refractivity contribution in [2.45, 2.75) is 39.3 Å². The molecule has 0 aliphatic rings. The van der Waals surface area contributed by atoms with Gasteiger partial charge in [-0.25, -0.2) is 4.79 Å². The Balaban J connectivity index is 2.35. The highest BCUT2D eigenvalue weighted by molar-refractivity contribution is 5.94. The van der Waals surface area contributed by atoms with Crippen molar-refractivity contribution >= 4 is 11.9 Å². The van der Waals surface area contributed by atoms with Crippen LogP contribution >= 0.6 is 0 Å². The lowest BCUT2D eigenvalue weighted by Crippen LogP contribution is -2.87. The number of carbonyl (C=O) groups excluding carboxylic acids is 2. The molecule has 1 atom stereocenters. The van der Waals surface area contributed by atoms with E-state index >= 15 is 0 Å². The van der Waals surface area contributed by atoms with E-state index < -0.39 is 6.03 Å². The first-order valence-electron chi connectivity index (χ1n) is 6.78. The number of amides is 3. The van der Waals surface area contributed by atoms with E-state index in [1.54, 1.807) is 0 Å². The monoisotopic (exact) mass is 278 g/mol. The highest BCUT2D eigenvalue weighted by Gasteiger charge is 2.17. The van der Waals surface area contributed by atoms with E-state index in [-0.39, 0.29) is 24.0 Å². The Kier molecular flexibility index (Phi) is 5.70. The van der Waals surface area contributed by atoms with Crippen LogP contribution in [-0.4, -0.2) is 24.0 Å². The summed E-state index contributed by atoms with van der Waals surface area (Å²) >= 11 is 0. The molecule has 20 heavy (non-hydrogen) atoms. The molecule has 0 aliphatic heterocycles. The molecule has 0 bridgehead atoms. The summed E-state index contributed by atoms with van der Waals surface area (Å²) in [5.74, 6) is -0.297. The molecule has 5 nitrogen and oxygen atoms in total. The van der Waals surface area contributed by atoms with E-state index in [9.17, 15) is 9.59 Å². The van der Waals surface area contributed by atoms with Crippen LogP contribution < -0.4 is 16.0 Å². The molecule has 1 aromatic rings. The average molecular weight is 278 g/mol. The van der Waals surface area contributed by atoms with Gasteiger partial charge in [0, 0.05) is 11.1 Å². The predicted octanol–water partition coefficient (Wildman–Crippen LogP) is 0.935. The summed E-state index contributed by atoms with van der Waals surface area (Å²) in [6.07, 6.45) is 0. The van der Waals surface area contributed by atoms with E-state index in [2.05, 4.69) is 10.6 Å². The van der Waals surface area contributed by atoms with Crippen molar-refractivity contribution in [3.05, 3.63) is 35.9 Å². The minimum Gasteiger partial charge on any atom is -0.333 e. The number of rotatable bonds is 4. The Morgan fingerprint density at radius 2 is 1.80 bits per heavy atom. The standard InChI is InChI=1S/C15H23N3O2/c1-11(12-8-6-5-7-9-12)16-10-13(19)17-14(20)18-15(2,3)4/h5-9,11,16H,10H2,1-4H3,(H2,17,18,19,20)/p+1/t11-/m0/s1. The van der Waals surface area contributed by atoms with Crippen molar-refractivity contribution in [1.82, 2.24) is 10.6 Å². The Morgan fingerprint density at radius 1 is 1.20 bits per heavy atom. The van der Waals surface area contributed by atoms with Gasteiger partial charge in [-0.3, -0.25) is 10.1 Å². The molecule has 1 aromatic carbocycles. The molecule has 0 saturated heterocycles. The fourth-order valence-corrected chi connectivity index (χ4v) is 1.73. The largest absolute Gasteiger partial charge is 0.333 e. The Morgan fingerprint density at radius 3 is 2.35 bits per heavy atom. The van der Waals surface area contributed by atoms with Crippen LogP contribution in [0, 0.1) is 0 Å². The van der Waals surface area contributed by atoms with E-state index in [0.717, 1.165) is 5.56 Å². The second-order valence-electron chi connectivity index (χ2n) is 5.89. The van der Waals surface area contributed by atoms with Gasteiger partial charge in [-0.05, 0) is 27.7 Å². The summed E-state index contributed by atoms with van der Waals surface area (Å²) in [5.41, 5.74) is 0.797. The normalized spacial score (nSPS) is 12.6. The summed E-state index contributed by atoms with van der Waals surface area (Å²) in [6.45, 7) is 7.83. The number of hydrogen-bond donors (Lipinski definition) is 3. The minimum atomic E-state index is -0.455. The molecule has 5 heteroatoms. The first kappa shape index (κ1) is 16.2.